The van der Waals surface area contributed by atoms with Crippen molar-refractivity contribution >= 4 is 0 Å². The monoisotopic (exact) mass is 322 g/mol. The lowest BCUT2D eigenvalue weighted by molar-refractivity contribution is 0.0906. The SMILES string of the molecule is Cc1ccc(C)c(-c2cc(C)cc(C3N4CCCN3CC4)c2O)c1. The molecule has 0 aliphatic carbocycles. The molecule has 1 N–H and O–H groups in total. The van der Waals surface area contributed by atoms with Crippen LogP contribution in [0.1, 0.15) is 34.8 Å². The van der Waals surface area contributed by atoms with Gasteiger partial charge in [-0.25, -0.2) is 0 Å². The van der Waals surface area contributed by atoms with Crippen molar-refractivity contribution in [2.75, 3.05) is 26.2 Å². The normalized spacial score (nSPS) is 25.9. The molecule has 2 bridgehead atoms. The van der Waals surface area contributed by atoms with Gasteiger partial charge in [-0.05, 0) is 56.0 Å². The van der Waals surface area contributed by atoms with Crippen LogP contribution in [0.4, 0.5) is 0 Å². The summed E-state index contributed by atoms with van der Waals surface area (Å²) in [5.74, 6) is 0.457. The van der Waals surface area contributed by atoms with Crippen molar-refractivity contribution in [1.82, 2.24) is 9.80 Å². The van der Waals surface area contributed by atoms with Crippen LogP contribution in [0.2, 0.25) is 0 Å². The van der Waals surface area contributed by atoms with Gasteiger partial charge in [0.05, 0.1) is 6.17 Å². The minimum atomic E-state index is 0.238. The summed E-state index contributed by atoms with van der Waals surface area (Å²) in [4.78, 5) is 5.01. The standard InChI is InChI=1S/C21H26N2O/c1-14-5-6-16(3)17(11-14)18-12-15(2)13-19(20(18)24)21-22-7-4-8-23(21)10-9-22/h5-6,11-13,21,24H,4,7-10H2,1-3H3. The Balaban J connectivity index is 1.86. The maximum absolute atomic E-state index is 11.1. The van der Waals surface area contributed by atoms with Gasteiger partial charge in [0.15, 0.2) is 0 Å². The van der Waals surface area contributed by atoms with E-state index in [0.29, 0.717) is 5.75 Å². The Kier molecular flexibility index (Phi) is 3.86. The van der Waals surface area contributed by atoms with Crippen LogP contribution < -0.4 is 0 Å². The summed E-state index contributed by atoms with van der Waals surface area (Å²) in [6.45, 7) is 10.8. The number of aryl methyl sites for hydroxylation is 3. The van der Waals surface area contributed by atoms with Gasteiger partial charge in [0, 0.05) is 37.3 Å². The molecule has 0 aromatic heterocycles. The predicted octanol–water partition coefficient (Wildman–Crippen LogP) is 4.00. The lowest BCUT2D eigenvalue weighted by atomic mass is 9.93. The van der Waals surface area contributed by atoms with Crippen LogP contribution in [-0.4, -0.2) is 41.1 Å². The highest BCUT2D eigenvalue weighted by Crippen LogP contribution is 2.43. The van der Waals surface area contributed by atoms with Gasteiger partial charge in [-0.1, -0.05) is 23.8 Å². The van der Waals surface area contributed by atoms with Gasteiger partial charge in [-0.15, -0.1) is 0 Å². The highest BCUT2D eigenvalue weighted by Gasteiger charge is 2.37. The number of phenols is 1. The highest BCUT2D eigenvalue weighted by molar-refractivity contribution is 5.76. The summed E-state index contributed by atoms with van der Waals surface area (Å²) in [5, 5.41) is 11.1. The van der Waals surface area contributed by atoms with E-state index in [2.05, 4.69) is 60.9 Å². The van der Waals surface area contributed by atoms with Crippen molar-refractivity contribution in [3.8, 4) is 16.9 Å². The molecule has 3 heteroatoms. The molecule has 24 heavy (non-hydrogen) atoms. The molecule has 0 amide bonds. The van der Waals surface area contributed by atoms with E-state index >= 15 is 0 Å². The van der Waals surface area contributed by atoms with Gasteiger partial charge >= 0.3 is 0 Å². The van der Waals surface area contributed by atoms with Crippen molar-refractivity contribution in [2.45, 2.75) is 33.4 Å². The maximum atomic E-state index is 11.1. The minimum Gasteiger partial charge on any atom is -0.507 e. The van der Waals surface area contributed by atoms with Crippen LogP contribution in [0.25, 0.3) is 11.1 Å². The molecule has 2 aliphatic rings. The third kappa shape index (κ3) is 2.52. The van der Waals surface area contributed by atoms with Crippen molar-refractivity contribution < 1.29 is 5.11 Å². The molecule has 0 saturated carbocycles. The molecular weight excluding hydrogens is 296 g/mol. The van der Waals surface area contributed by atoms with Gasteiger partial charge in [-0.3, -0.25) is 9.80 Å². The van der Waals surface area contributed by atoms with Crippen LogP contribution in [0.5, 0.6) is 5.75 Å². The second-order valence-corrected chi connectivity index (χ2v) is 7.37. The smallest absolute Gasteiger partial charge is 0.129 e. The summed E-state index contributed by atoms with van der Waals surface area (Å²) < 4.78 is 0. The number of rotatable bonds is 2. The third-order valence-corrected chi connectivity index (χ3v) is 5.50. The fourth-order valence-electron chi connectivity index (χ4n) is 4.31. The van der Waals surface area contributed by atoms with E-state index in [1.807, 2.05) is 0 Å². The molecule has 2 heterocycles. The summed E-state index contributed by atoms with van der Waals surface area (Å²) in [6, 6.07) is 10.7. The van der Waals surface area contributed by atoms with Crippen LogP contribution in [0.15, 0.2) is 30.3 Å². The molecule has 2 aliphatic heterocycles. The molecular formula is C21H26N2O. The van der Waals surface area contributed by atoms with E-state index in [4.69, 9.17) is 0 Å². The summed E-state index contributed by atoms with van der Waals surface area (Å²) in [7, 11) is 0. The van der Waals surface area contributed by atoms with Crippen molar-refractivity contribution in [3.63, 3.8) is 0 Å². The molecule has 2 aromatic rings. The Morgan fingerprint density at radius 3 is 2.21 bits per heavy atom. The fraction of sp³-hybridized carbons (Fsp3) is 0.429. The molecule has 4 rings (SSSR count). The third-order valence-electron chi connectivity index (χ3n) is 5.50. The molecule has 3 nitrogen and oxygen atoms in total. The zero-order chi connectivity index (χ0) is 16.8. The van der Waals surface area contributed by atoms with E-state index in [-0.39, 0.29) is 6.17 Å². The fourth-order valence-corrected chi connectivity index (χ4v) is 4.31. The number of fused-ring (bicyclic) bond motifs is 2. The zero-order valence-corrected chi connectivity index (χ0v) is 14.8. The molecule has 2 saturated heterocycles. The Bertz CT molecular complexity index is 768. The van der Waals surface area contributed by atoms with E-state index in [9.17, 15) is 5.11 Å². The first-order chi connectivity index (χ1) is 11.5. The van der Waals surface area contributed by atoms with E-state index in [1.54, 1.807) is 0 Å². The first-order valence-corrected chi connectivity index (χ1v) is 8.94. The highest BCUT2D eigenvalue weighted by atomic mass is 16.3. The van der Waals surface area contributed by atoms with Gasteiger partial charge in [-0.2, -0.15) is 0 Å². The zero-order valence-electron chi connectivity index (χ0n) is 14.8. The lowest BCUT2D eigenvalue weighted by Crippen LogP contribution is -2.38. The molecule has 0 spiro atoms. The minimum absolute atomic E-state index is 0.238. The Morgan fingerprint density at radius 1 is 0.833 bits per heavy atom. The van der Waals surface area contributed by atoms with E-state index < -0.39 is 0 Å². The molecule has 126 valence electrons. The van der Waals surface area contributed by atoms with Crippen molar-refractivity contribution in [3.05, 3.63) is 52.6 Å². The van der Waals surface area contributed by atoms with Gasteiger partial charge in [0.1, 0.15) is 5.75 Å². The quantitative estimate of drug-likeness (QED) is 0.905. The van der Waals surface area contributed by atoms with Gasteiger partial charge in [0.2, 0.25) is 0 Å². The summed E-state index contributed by atoms with van der Waals surface area (Å²) in [5.41, 5.74) is 6.83. The van der Waals surface area contributed by atoms with Crippen LogP contribution in [0.3, 0.4) is 0 Å². The predicted molar refractivity (Wildman–Crippen MR) is 98.3 cm³/mol. The topological polar surface area (TPSA) is 26.7 Å². The Hall–Kier alpha value is -1.84. The Labute approximate surface area is 144 Å². The van der Waals surface area contributed by atoms with Crippen LogP contribution in [-0.2, 0) is 0 Å². The van der Waals surface area contributed by atoms with E-state index in [0.717, 1.165) is 42.9 Å². The molecule has 2 unspecified atom stereocenters. The van der Waals surface area contributed by atoms with Crippen molar-refractivity contribution in [2.24, 2.45) is 0 Å². The average molecular weight is 322 g/mol. The summed E-state index contributed by atoms with van der Waals surface area (Å²) in [6.07, 6.45) is 1.47. The lowest BCUT2D eigenvalue weighted by Gasteiger charge is -2.36. The average Bonchev–Trinajstić information content (AvgIpc) is 2.80. The number of hydrogen-bond donors (Lipinski definition) is 1. The number of benzene rings is 2. The number of nitrogens with zero attached hydrogens (tertiary/aromatic N) is 2. The van der Waals surface area contributed by atoms with Crippen LogP contribution in [0, 0.1) is 20.8 Å². The van der Waals surface area contributed by atoms with Crippen LogP contribution >= 0.6 is 0 Å². The second-order valence-electron chi connectivity index (χ2n) is 7.37. The van der Waals surface area contributed by atoms with Crippen molar-refractivity contribution in [1.29, 1.82) is 0 Å². The number of hydrogen-bond acceptors (Lipinski definition) is 3. The maximum Gasteiger partial charge on any atom is 0.129 e. The number of aromatic hydroxyl groups is 1. The van der Waals surface area contributed by atoms with Gasteiger partial charge in [0.25, 0.3) is 0 Å². The Morgan fingerprint density at radius 2 is 1.50 bits per heavy atom. The molecule has 2 atom stereocenters. The summed E-state index contributed by atoms with van der Waals surface area (Å²) >= 11 is 0. The molecule has 0 radical (unpaired) electrons. The molecule has 2 aromatic carbocycles. The first-order valence-electron chi connectivity index (χ1n) is 8.94. The largest absolute Gasteiger partial charge is 0.507 e. The first kappa shape index (κ1) is 15.7. The molecule has 2 fully saturated rings. The number of phenolic OH excluding ortho intramolecular Hbond substituents is 1. The second kappa shape index (κ2) is 5.91. The van der Waals surface area contributed by atoms with Gasteiger partial charge < -0.3 is 5.11 Å². The van der Waals surface area contributed by atoms with E-state index in [1.165, 1.54) is 23.1 Å².